The van der Waals surface area contributed by atoms with Crippen molar-refractivity contribution in [3.05, 3.63) is 35.9 Å². The fourth-order valence-electron chi connectivity index (χ4n) is 1.76. The van der Waals surface area contributed by atoms with E-state index in [1.54, 1.807) is 0 Å². The van der Waals surface area contributed by atoms with Gasteiger partial charge in [0.15, 0.2) is 0 Å². The number of esters is 1. The van der Waals surface area contributed by atoms with E-state index in [1.807, 2.05) is 44.2 Å². The van der Waals surface area contributed by atoms with Crippen LogP contribution in [0.25, 0.3) is 0 Å². The zero-order valence-electron chi connectivity index (χ0n) is 11.0. The largest absolute Gasteiger partial charge is 0.462 e. The van der Waals surface area contributed by atoms with Crippen LogP contribution in [-0.4, -0.2) is 12.1 Å². The molecule has 0 bridgehead atoms. The highest BCUT2D eigenvalue weighted by Crippen LogP contribution is 2.23. The van der Waals surface area contributed by atoms with E-state index in [0.717, 1.165) is 24.8 Å². The first kappa shape index (κ1) is 13.8. The highest BCUT2D eigenvalue weighted by molar-refractivity contribution is 5.78. The van der Waals surface area contributed by atoms with Crippen LogP contribution < -0.4 is 0 Å². The van der Waals surface area contributed by atoms with Crippen molar-refractivity contribution in [3.8, 4) is 0 Å². The Hall–Kier alpha value is -1.31. The van der Waals surface area contributed by atoms with Gasteiger partial charge in [-0.2, -0.15) is 0 Å². The molecule has 0 N–H and O–H groups in total. The maximum absolute atomic E-state index is 12.1. The van der Waals surface area contributed by atoms with Gasteiger partial charge in [0, 0.05) is 0 Å². The molecule has 17 heavy (non-hydrogen) atoms. The van der Waals surface area contributed by atoms with Gasteiger partial charge in [0.1, 0.15) is 0 Å². The van der Waals surface area contributed by atoms with E-state index in [-0.39, 0.29) is 18.0 Å². The molecule has 2 nitrogen and oxygen atoms in total. The van der Waals surface area contributed by atoms with Crippen molar-refractivity contribution in [2.24, 2.45) is 0 Å². The quantitative estimate of drug-likeness (QED) is 0.697. The number of ether oxygens (including phenoxy) is 1. The predicted molar refractivity (Wildman–Crippen MR) is 69.9 cm³/mol. The van der Waals surface area contributed by atoms with Gasteiger partial charge in [0.25, 0.3) is 0 Å². The van der Waals surface area contributed by atoms with Crippen LogP contribution in [0.5, 0.6) is 0 Å². The molecule has 2 heteroatoms. The highest BCUT2D eigenvalue weighted by Gasteiger charge is 2.22. The van der Waals surface area contributed by atoms with Gasteiger partial charge in [0.2, 0.25) is 0 Å². The van der Waals surface area contributed by atoms with Gasteiger partial charge < -0.3 is 4.74 Å². The predicted octanol–water partition coefficient (Wildman–Crippen LogP) is 3.91. The van der Waals surface area contributed by atoms with E-state index in [9.17, 15) is 4.79 Å². The Morgan fingerprint density at radius 3 is 2.41 bits per heavy atom. The molecule has 1 rings (SSSR count). The molecule has 0 aromatic heterocycles. The molecule has 0 heterocycles. The first-order chi connectivity index (χ1) is 8.19. The Balaban J connectivity index is 2.75. The summed E-state index contributed by atoms with van der Waals surface area (Å²) in [6, 6.07) is 9.89. The highest BCUT2D eigenvalue weighted by atomic mass is 16.5. The van der Waals surface area contributed by atoms with E-state index in [1.165, 1.54) is 0 Å². The summed E-state index contributed by atoms with van der Waals surface area (Å²) in [6.45, 7) is 6.05. The second kappa shape index (κ2) is 7.10. The molecule has 0 saturated heterocycles. The first-order valence-corrected chi connectivity index (χ1v) is 6.44. The first-order valence-electron chi connectivity index (χ1n) is 6.44. The Kier molecular flexibility index (Phi) is 5.75. The Morgan fingerprint density at radius 2 is 1.88 bits per heavy atom. The maximum atomic E-state index is 12.1. The summed E-state index contributed by atoms with van der Waals surface area (Å²) < 4.78 is 5.43. The van der Waals surface area contributed by atoms with Crippen molar-refractivity contribution in [2.45, 2.75) is 52.1 Å². The lowest BCUT2D eigenvalue weighted by molar-refractivity contribution is -0.150. The average Bonchev–Trinajstić information content (AvgIpc) is 2.36. The van der Waals surface area contributed by atoms with Crippen LogP contribution in [0.15, 0.2) is 30.3 Å². The van der Waals surface area contributed by atoms with E-state index in [2.05, 4.69) is 6.92 Å². The molecule has 0 spiro atoms. The SMILES string of the molecule is CCCC(C(=O)OC(C)CC)c1ccccc1. The van der Waals surface area contributed by atoms with Crippen LogP contribution in [0, 0.1) is 0 Å². The molecule has 0 aliphatic rings. The third kappa shape index (κ3) is 4.22. The molecule has 0 aliphatic heterocycles. The molecule has 1 aromatic carbocycles. The van der Waals surface area contributed by atoms with Crippen molar-refractivity contribution in [1.29, 1.82) is 0 Å². The molecular weight excluding hydrogens is 212 g/mol. The Morgan fingerprint density at radius 1 is 1.24 bits per heavy atom. The van der Waals surface area contributed by atoms with Crippen molar-refractivity contribution in [3.63, 3.8) is 0 Å². The smallest absolute Gasteiger partial charge is 0.313 e. The summed E-state index contributed by atoms with van der Waals surface area (Å²) in [5.74, 6) is -0.206. The number of benzene rings is 1. The topological polar surface area (TPSA) is 26.3 Å². The van der Waals surface area contributed by atoms with E-state index >= 15 is 0 Å². The van der Waals surface area contributed by atoms with Crippen LogP contribution in [0.3, 0.4) is 0 Å². The third-order valence-electron chi connectivity index (χ3n) is 2.96. The second-order valence-corrected chi connectivity index (χ2v) is 4.41. The van der Waals surface area contributed by atoms with Gasteiger partial charge in [-0.05, 0) is 25.3 Å². The van der Waals surface area contributed by atoms with Gasteiger partial charge in [-0.25, -0.2) is 0 Å². The summed E-state index contributed by atoms with van der Waals surface area (Å²) in [5, 5.41) is 0. The van der Waals surface area contributed by atoms with Crippen LogP contribution >= 0.6 is 0 Å². The van der Waals surface area contributed by atoms with Gasteiger partial charge in [-0.3, -0.25) is 4.79 Å². The average molecular weight is 234 g/mol. The molecule has 0 radical (unpaired) electrons. The fourth-order valence-corrected chi connectivity index (χ4v) is 1.76. The molecule has 1 aromatic rings. The van der Waals surface area contributed by atoms with Crippen molar-refractivity contribution in [1.82, 2.24) is 0 Å². The summed E-state index contributed by atoms with van der Waals surface area (Å²) in [4.78, 5) is 12.1. The molecular formula is C15H22O2. The molecule has 2 atom stereocenters. The number of hydrogen-bond donors (Lipinski definition) is 0. The minimum absolute atomic E-state index is 0.00516. The Bertz CT molecular complexity index is 332. The van der Waals surface area contributed by atoms with Crippen LogP contribution in [0.1, 0.15) is 51.5 Å². The number of rotatable bonds is 6. The molecule has 94 valence electrons. The molecule has 0 saturated carbocycles. The van der Waals surface area contributed by atoms with Gasteiger partial charge in [-0.1, -0.05) is 50.6 Å². The van der Waals surface area contributed by atoms with Crippen LogP contribution in [-0.2, 0) is 9.53 Å². The van der Waals surface area contributed by atoms with Crippen molar-refractivity contribution < 1.29 is 9.53 Å². The summed E-state index contributed by atoms with van der Waals surface area (Å²) in [6.07, 6.45) is 2.69. The zero-order valence-corrected chi connectivity index (χ0v) is 11.0. The van der Waals surface area contributed by atoms with Gasteiger partial charge in [-0.15, -0.1) is 0 Å². The second-order valence-electron chi connectivity index (χ2n) is 4.41. The fraction of sp³-hybridized carbons (Fsp3) is 0.533. The van der Waals surface area contributed by atoms with Gasteiger partial charge in [0.05, 0.1) is 12.0 Å². The zero-order chi connectivity index (χ0) is 12.7. The van der Waals surface area contributed by atoms with Gasteiger partial charge >= 0.3 is 5.97 Å². The summed E-state index contributed by atoms with van der Waals surface area (Å²) in [5.41, 5.74) is 1.06. The molecule has 0 aliphatic carbocycles. The monoisotopic (exact) mass is 234 g/mol. The number of hydrogen-bond acceptors (Lipinski definition) is 2. The summed E-state index contributed by atoms with van der Waals surface area (Å²) >= 11 is 0. The van der Waals surface area contributed by atoms with E-state index in [4.69, 9.17) is 4.74 Å². The third-order valence-corrected chi connectivity index (χ3v) is 2.96. The lowest BCUT2D eigenvalue weighted by Gasteiger charge is -2.18. The van der Waals surface area contributed by atoms with Crippen LogP contribution in [0.4, 0.5) is 0 Å². The minimum Gasteiger partial charge on any atom is -0.462 e. The van der Waals surface area contributed by atoms with Crippen LogP contribution in [0.2, 0.25) is 0 Å². The lowest BCUT2D eigenvalue weighted by atomic mass is 9.94. The standard InChI is InChI=1S/C15H22O2/c1-4-9-14(13-10-7-6-8-11-13)15(16)17-12(3)5-2/h6-8,10-12,14H,4-5,9H2,1-3H3. The lowest BCUT2D eigenvalue weighted by Crippen LogP contribution is -2.21. The van der Waals surface area contributed by atoms with Crippen molar-refractivity contribution in [2.75, 3.05) is 0 Å². The summed E-state index contributed by atoms with van der Waals surface area (Å²) in [7, 11) is 0. The van der Waals surface area contributed by atoms with E-state index in [0.29, 0.717) is 0 Å². The normalized spacial score (nSPS) is 14.1. The maximum Gasteiger partial charge on any atom is 0.313 e. The number of carbonyl (C=O) groups is 1. The molecule has 0 amide bonds. The molecule has 0 fully saturated rings. The number of carbonyl (C=O) groups excluding carboxylic acids is 1. The Labute approximate surface area is 104 Å². The van der Waals surface area contributed by atoms with Crippen molar-refractivity contribution >= 4 is 5.97 Å². The minimum atomic E-state index is -0.116. The van der Waals surface area contributed by atoms with E-state index < -0.39 is 0 Å². The molecule has 2 unspecified atom stereocenters.